The first-order valence-electron chi connectivity index (χ1n) is 6.08. The first-order chi connectivity index (χ1) is 8.97. The maximum absolute atomic E-state index is 13.2. The molecule has 1 unspecified atom stereocenters. The number of halogens is 1. The lowest BCUT2D eigenvalue weighted by molar-refractivity contribution is 0.300. The number of hydrogen-bond acceptors (Lipinski definition) is 4. The molecule has 0 saturated heterocycles. The van der Waals surface area contributed by atoms with Crippen LogP contribution in [0.15, 0.2) is 18.2 Å². The molecular weight excluding hydrogens is 263 g/mol. The van der Waals surface area contributed by atoms with Crippen LogP contribution in [0.2, 0.25) is 0 Å². The van der Waals surface area contributed by atoms with E-state index in [1.165, 1.54) is 17.0 Å². The number of nitrogens with zero attached hydrogens (tertiary/aromatic N) is 1. The van der Waals surface area contributed by atoms with Crippen LogP contribution >= 0.6 is 11.3 Å². The average Bonchev–Trinajstić information content (AvgIpc) is 2.67. The third-order valence-electron chi connectivity index (χ3n) is 2.89. The Morgan fingerprint density at radius 3 is 2.74 bits per heavy atom. The van der Waals surface area contributed by atoms with E-state index in [1.807, 2.05) is 13.8 Å². The summed E-state index contributed by atoms with van der Waals surface area (Å²) in [5.41, 5.74) is 7.52. The van der Waals surface area contributed by atoms with Crippen molar-refractivity contribution < 1.29 is 9.13 Å². The van der Waals surface area contributed by atoms with Crippen LogP contribution < -0.4 is 10.5 Å². The van der Waals surface area contributed by atoms with Crippen molar-refractivity contribution in [3.05, 3.63) is 45.2 Å². The summed E-state index contributed by atoms with van der Waals surface area (Å²) in [5, 5.41) is 0.912. The molecule has 19 heavy (non-hydrogen) atoms. The fourth-order valence-corrected chi connectivity index (χ4v) is 2.59. The Labute approximate surface area is 116 Å². The SMILES string of the molecule is Cc1nc(COc2ccc(F)cc2C(C)N)sc1C. The molecule has 0 bridgehead atoms. The molecule has 102 valence electrons. The zero-order valence-electron chi connectivity index (χ0n) is 11.2. The highest BCUT2D eigenvalue weighted by molar-refractivity contribution is 7.11. The fourth-order valence-electron chi connectivity index (χ4n) is 1.75. The molecule has 2 aromatic rings. The molecular formula is C14H17FN2OS. The van der Waals surface area contributed by atoms with Gasteiger partial charge in [-0.3, -0.25) is 0 Å². The van der Waals surface area contributed by atoms with Crippen molar-refractivity contribution in [1.82, 2.24) is 4.98 Å². The molecule has 0 aliphatic heterocycles. The summed E-state index contributed by atoms with van der Waals surface area (Å²) >= 11 is 1.61. The molecule has 1 aromatic heterocycles. The summed E-state index contributed by atoms with van der Waals surface area (Å²) in [4.78, 5) is 5.59. The van der Waals surface area contributed by atoms with Crippen molar-refractivity contribution in [1.29, 1.82) is 0 Å². The molecule has 2 rings (SSSR count). The minimum absolute atomic E-state index is 0.273. The molecule has 1 atom stereocenters. The number of aromatic nitrogens is 1. The lowest BCUT2D eigenvalue weighted by Gasteiger charge is -2.13. The van der Waals surface area contributed by atoms with Gasteiger partial charge in [-0.2, -0.15) is 0 Å². The molecule has 0 spiro atoms. The third kappa shape index (κ3) is 3.30. The molecule has 5 heteroatoms. The summed E-state index contributed by atoms with van der Waals surface area (Å²) in [6.07, 6.45) is 0. The van der Waals surface area contributed by atoms with Gasteiger partial charge in [-0.15, -0.1) is 11.3 Å². The molecule has 0 aliphatic rings. The van der Waals surface area contributed by atoms with Crippen LogP contribution in [0.1, 0.15) is 34.1 Å². The van der Waals surface area contributed by atoms with Crippen LogP contribution in [0.25, 0.3) is 0 Å². The molecule has 0 saturated carbocycles. The molecule has 1 heterocycles. The minimum Gasteiger partial charge on any atom is -0.486 e. The Bertz CT molecular complexity index is 561. The Hall–Kier alpha value is -1.46. The van der Waals surface area contributed by atoms with Gasteiger partial charge in [0, 0.05) is 16.5 Å². The monoisotopic (exact) mass is 280 g/mol. The molecule has 3 nitrogen and oxygen atoms in total. The van der Waals surface area contributed by atoms with Gasteiger partial charge in [-0.05, 0) is 39.0 Å². The third-order valence-corrected chi connectivity index (χ3v) is 3.93. The van der Waals surface area contributed by atoms with E-state index in [0.717, 1.165) is 10.7 Å². The zero-order valence-corrected chi connectivity index (χ0v) is 12.1. The first-order valence-corrected chi connectivity index (χ1v) is 6.89. The number of thiazole rings is 1. The summed E-state index contributed by atoms with van der Waals surface area (Å²) in [6.45, 7) is 6.19. The minimum atomic E-state index is -0.305. The summed E-state index contributed by atoms with van der Waals surface area (Å²) < 4.78 is 18.9. The van der Waals surface area contributed by atoms with Gasteiger partial charge >= 0.3 is 0 Å². The largest absolute Gasteiger partial charge is 0.486 e. The quantitative estimate of drug-likeness (QED) is 0.932. The molecule has 0 aliphatic carbocycles. The van der Waals surface area contributed by atoms with Gasteiger partial charge in [0.1, 0.15) is 23.2 Å². The highest BCUT2D eigenvalue weighted by Gasteiger charge is 2.11. The lowest BCUT2D eigenvalue weighted by atomic mass is 10.1. The second-order valence-electron chi connectivity index (χ2n) is 4.51. The van der Waals surface area contributed by atoms with Crippen molar-refractivity contribution in [2.75, 3.05) is 0 Å². The smallest absolute Gasteiger partial charge is 0.140 e. The summed E-state index contributed by atoms with van der Waals surface area (Å²) in [5.74, 6) is 0.308. The van der Waals surface area contributed by atoms with Gasteiger partial charge in [0.2, 0.25) is 0 Å². The Balaban J connectivity index is 2.15. The molecule has 2 N–H and O–H groups in total. The Morgan fingerprint density at radius 1 is 1.42 bits per heavy atom. The van der Waals surface area contributed by atoms with E-state index in [0.29, 0.717) is 17.9 Å². The number of aryl methyl sites for hydroxylation is 2. The number of rotatable bonds is 4. The zero-order chi connectivity index (χ0) is 14.0. The second-order valence-corrected chi connectivity index (χ2v) is 5.80. The predicted molar refractivity (Wildman–Crippen MR) is 74.9 cm³/mol. The standard InChI is InChI=1S/C14H17FN2OS/c1-8(16)12-6-11(15)4-5-13(12)18-7-14-17-9(2)10(3)19-14/h4-6,8H,7,16H2,1-3H3. The summed E-state index contributed by atoms with van der Waals surface area (Å²) in [7, 11) is 0. The van der Waals surface area contributed by atoms with E-state index < -0.39 is 0 Å². The topological polar surface area (TPSA) is 48.1 Å². The van der Waals surface area contributed by atoms with Gasteiger partial charge in [0.25, 0.3) is 0 Å². The van der Waals surface area contributed by atoms with E-state index in [4.69, 9.17) is 10.5 Å². The van der Waals surface area contributed by atoms with Crippen molar-refractivity contribution in [3.8, 4) is 5.75 Å². The highest BCUT2D eigenvalue weighted by Crippen LogP contribution is 2.26. The average molecular weight is 280 g/mol. The van der Waals surface area contributed by atoms with Crippen LogP contribution in [0.4, 0.5) is 4.39 Å². The molecule has 0 radical (unpaired) electrons. The Morgan fingerprint density at radius 2 is 2.16 bits per heavy atom. The van der Waals surface area contributed by atoms with Crippen molar-refractivity contribution in [2.45, 2.75) is 33.4 Å². The number of ether oxygens (including phenoxy) is 1. The van der Waals surface area contributed by atoms with Crippen LogP contribution in [-0.2, 0) is 6.61 Å². The fraction of sp³-hybridized carbons (Fsp3) is 0.357. The number of nitrogens with two attached hydrogens (primary N) is 1. The highest BCUT2D eigenvalue weighted by atomic mass is 32.1. The maximum atomic E-state index is 13.2. The maximum Gasteiger partial charge on any atom is 0.140 e. The van der Waals surface area contributed by atoms with Crippen LogP contribution in [-0.4, -0.2) is 4.98 Å². The van der Waals surface area contributed by atoms with Crippen LogP contribution in [0, 0.1) is 19.7 Å². The van der Waals surface area contributed by atoms with Crippen LogP contribution in [0.5, 0.6) is 5.75 Å². The van der Waals surface area contributed by atoms with E-state index in [1.54, 1.807) is 24.3 Å². The van der Waals surface area contributed by atoms with Crippen LogP contribution in [0.3, 0.4) is 0 Å². The van der Waals surface area contributed by atoms with Crippen molar-refractivity contribution in [2.24, 2.45) is 5.73 Å². The van der Waals surface area contributed by atoms with E-state index in [-0.39, 0.29) is 11.9 Å². The Kier molecular flexibility index (Phi) is 4.17. The van der Waals surface area contributed by atoms with Crippen molar-refractivity contribution in [3.63, 3.8) is 0 Å². The van der Waals surface area contributed by atoms with Gasteiger partial charge in [-0.25, -0.2) is 9.37 Å². The lowest BCUT2D eigenvalue weighted by Crippen LogP contribution is -2.08. The van der Waals surface area contributed by atoms with Gasteiger partial charge < -0.3 is 10.5 Å². The van der Waals surface area contributed by atoms with Gasteiger partial charge in [0.05, 0.1) is 5.69 Å². The number of hydrogen-bond donors (Lipinski definition) is 1. The predicted octanol–water partition coefficient (Wildman–Crippen LogP) is 3.50. The van der Waals surface area contributed by atoms with Gasteiger partial charge in [0.15, 0.2) is 0 Å². The van der Waals surface area contributed by atoms with E-state index in [9.17, 15) is 4.39 Å². The van der Waals surface area contributed by atoms with E-state index >= 15 is 0 Å². The molecule has 0 amide bonds. The van der Waals surface area contributed by atoms with Gasteiger partial charge in [-0.1, -0.05) is 0 Å². The van der Waals surface area contributed by atoms with Crippen molar-refractivity contribution >= 4 is 11.3 Å². The summed E-state index contributed by atoms with van der Waals surface area (Å²) in [6, 6.07) is 4.13. The molecule has 1 aromatic carbocycles. The van der Waals surface area contributed by atoms with E-state index in [2.05, 4.69) is 4.98 Å². The second kappa shape index (κ2) is 5.67. The normalized spacial score (nSPS) is 12.5. The number of benzene rings is 1. The first kappa shape index (κ1) is 14.0. The molecule has 0 fully saturated rings.